The van der Waals surface area contributed by atoms with E-state index in [1.165, 1.54) is 11.0 Å². The van der Waals surface area contributed by atoms with Crippen molar-refractivity contribution in [3.8, 4) is 6.07 Å². The van der Waals surface area contributed by atoms with E-state index in [2.05, 4.69) is 0 Å². The van der Waals surface area contributed by atoms with Gasteiger partial charge in [-0.15, -0.1) is 0 Å². The van der Waals surface area contributed by atoms with Crippen LogP contribution in [-0.4, -0.2) is 18.2 Å². The van der Waals surface area contributed by atoms with Crippen LogP contribution in [0, 0.1) is 24.1 Å². The number of halogens is 1. The molecule has 1 aliphatic heterocycles. The number of hydrogen-bond donors (Lipinski definition) is 0. The van der Waals surface area contributed by atoms with Crippen molar-refractivity contribution in [2.45, 2.75) is 19.8 Å². The highest BCUT2D eigenvalue weighted by atomic mass is 19.1. The van der Waals surface area contributed by atoms with Crippen molar-refractivity contribution in [3.63, 3.8) is 0 Å². The molecular formula is C13H11FN2O2. The lowest BCUT2D eigenvalue weighted by molar-refractivity contribution is -0.114. The number of aryl methyl sites for hydroxylation is 1. The first-order chi connectivity index (χ1) is 8.56. The first-order valence-corrected chi connectivity index (χ1v) is 5.59. The van der Waals surface area contributed by atoms with Gasteiger partial charge in [0.15, 0.2) is 0 Å². The summed E-state index contributed by atoms with van der Waals surface area (Å²) in [4.78, 5) is 24.8. The van der Waals surface area contributed by atoms with Gasteiger partial charge in [-0.05, 0) is 31.0 Å². The summed E-state index contributed by atoms with van der Waals surface area (Å²) in [6, 6.07) is 4.37. The van der Waals surface area contributed by atoms with Crippen LogP contribution < -0.4 is 4.90 Å². The van der Waals surface area contributed by atoms with Gasteiger partial charge in [0.2, 0.25) is 0 Å². The number of hydrogen-bond acceptors (Lipinski definition) is 3. The number of nitrogens with zero attached hydrogens (tertiary/aromatic N) is 2. The number of rotatable bonds is 3. The summed E-state index contributed by atoms with van der Waals surface area (Å²) in [5.74, 6) is -1.84. The number of fused-ring (bicyclic) bond motifs is 1. The molecule has 0 fully saturated rings. The third-order valence-electron chi connectivity index (χ3n) is 2.89. The number of ketones is 1. The van der Waals surface area contributed by atoms with Crippen LogP contribution in [0.15, 0.2) is 12.1 Å². The number of nitriles is 1. The standard InChI is InChI=1S/C13H11FN2O2/c1-8-6-9(14)7-10-11(8)16(5-3-2-4-15)13(18)12(10)17/h6-7H,2-3,5H2,1H3. The van der Waals surface area contributed by atoms with E-state index in [1.807, 2.05) is 6.07 Å². The molecule has 0 radical (unpaired) electrons. The molecule has 5 heteroatoms. The van der Waals surface area contributed by atoms with Gasteiger partial charge in [-0.25, -0.2) is 4.39 Å². The minimum absolute atomic E-state index is 0.120. The number of carbonyl (C=O) groups excluding carboxylic acids is 2. The van der Waals surface area contributed by atoms with E-state index < -0.39 is 17.5 Å². The second kappa shape index (κ2) is 4.57. The van der Waals surface area contributed by atoms with E-state index >= 15 is 0 Å². The van der Waals surface area contributed by atoms with Crippen LogP contribution in [0.3, 0.4) is 0 Å². The zero-order valence-corrected chi connectivity index (χ0v) is 9.86. The maximum absolute atomic E-state index is 13.2. The van der Waals surface area contributed by atoms with Crippen molar-refractivity contribution < 1.29 is 14.0 Å². The lowest BCUT2D eigenvalue weighted by Gasteiger charge is -2.17. The van der Waals surface area contributed by atoms with Crippen LogP contribution in [0.1, 0.15) is 28.8 Å². The molecule has 0 atom stereocenters. The van der Waals surface area contributed by atoms with E-state index in [-0.39, 0.29) is 5.56 Å². The van der Waals surface area contributed by atoms with Gasteiger partial charge in [-0.1, -0.05) is 0 Å². The molecule has 1 heterocycles. The Bertz CT molecular complexity index is 575. The van der Waals surface area contributed by atoms with Gasteiger partial charge in [0.25, 0.3) is 11.7 Å². The summed E-state index contributed by atoms with van der Waals surface area (Å²) >= 11 is 0. The molecule has 0 aromatic heterocycles. The molecule has 0 saturated carbocycles. The van der Waals surface area contributed by atoms with E-state index in [4.69, 9.17) is 5.26 Å². The lowest BCUT2D eigenvalue weighted by Crippen LogP contribution is -2.30. The molecule has 1 amide bonds. The van der Waals surface area contributed by atoms with Gasteiger partial charge in [0.1, 0.15) is 5.82 Å². The van der Waals surface area contributed by atoms with Crippen molar-refractivity contribution in [2.75, 3.05) is 11.4 Å². The summed E-state index contributed by atoms with van der Waals surface area (Å²) in [5, 5.41) is 8.47. The largest absolute Gasteiger partial charge is 0.304 e. The minimum Gasteiger partial charge on any atom is -0.304 e. The van der Waals surface area contributed by atoms with E-state index in [1.54, 1.807) is 6.92 Å². The third kappa shape index (κ3) is 1.86. The molecule has 1 aromatic rings. The smallest absolute Gasteiger partial charge is 0.299 e. The van der Waals surface area contributed by atoms with Gasteiger partial charge < -0.3 is 4.90 Å². The zero-order valence-electron chi connectivity index (χ0n) is 9.86. The Kier molecular flexibility index (Phi) is 3.11. The van der Waals surface area contributed by atoms with Gasteiger partial charge >= 0.3 is 0 Å². The van der Waals surface area contributed by atoms with Crippen molar-refractivity contribution in [2.24, 2.45) is 0 Å². The summed E-state index contributed by atoms with van der Waals surface area (Å²) in [6.07, 6.45) is 0.805. The Morgan fingerprint density at radius 3 is 2.78 bits per heavy atom. The molecule has 0 aliphatic carbocycles. The fraction of sp³-hybridized carbons (Fsp3) is 0.308. The molecule has 18 heavy (non-hydrogen) atoms. The average Bonchev–Trinajstić information content (AvgIpc) is 2.55. The topological polar surface area (TPSA) is 61.2 Å². The minimum atomic E-state index is -0.676. The highest BCUT2D eigenvalue weighted by Gasteiger charge is 2.36. The predicted octanol–water partition coefficient (Wildman–Crippen LogP) is 1.97. The van der Waals surface area contributed by atoms with Crippen LogP contribution in [0.25, 0.3) is 0 Å². The second-order valence-corrected chi connectivity index (χ2v) is 4.17. The number of benzene rings is 1. The number of unbranched alkanes of at least 4 members (excludes halogenated alkanes) is 1. The summed E-state index contributed by atoms with van der Waals surface area (Å²) < 4.78 is 13.2. The Balaban J connectivity index is 2.39. The molecule has 4 nitrogen and oxygen atoms in total. The molecule has 1 aliphatic rings. The maximum Gasteiger partial charge on any atom is 0.299 e. The summed E-state index contributed by atoms with van der Waals surface area (Å²) in [6.45, 7) is 1.96. The van der Waals surface area contributed by atoms with Crippen LogP contribution in [-0.2, 0) is 4.79 Å². The molecule has 0 N–H and O–H groups in total. The highest BCUT2D eigenvalue weighted by molar-refractivity contribution is 6.52. The third-order valence-corrected chi connectivity index (χ3v) is 2.89. The maximum atomic E-state index is 13.2. The van der Waals surface area contributed by atoms with Crippen LogP contribution in [0.5, 0.6) is 0 Å². The van der Waals surface area contributed by atoms with Gasteiger partial charge in [-0.3, -0.25) is 9.59 Å². The fourth-order valence-electron chi connectivity index (χ4n) is 2.14. The van der Waals surface area contributed by atoms with Crippen LogP contribution >= 0.6 is 0 Å². The molecule has 0 bridgehead atoms. The van der Waals surface area contributed by atoms with Crippen LogP contribution in [0.2, 0.25) is 0 Å². The van der Waals surface area contributed by atoms with Crippen molar-refractivity contribution in [3.05, 3.63) is 29.1 Å². The lowest BCUT2D eigenvalue weighted by atomic mass is 10.1. The Labute approximate surface area is 104 Å². The molecule has 1 aromatic carbocycles. The Morgan fingerprint density at radius 1 is 1.39 bits per heavy atom. The van der Waals surface area contributed by atoms with Crippen LogP contribution in [0.4, 0.5) is 10.1 Å². The quantitative estimate of drug-likeness (QED) is 0.605. The Morgan fingerprint density at radius 2 is 2.11 bits per heavy atom. The molecular weight excluding hydrogens is 235 g/mol. The highest BCUT2D eigenvalue weighted by Crippen LogP contribution is 2.33. The predicted molar refractivity (Wildman–Crippen MR) is 62.7 cm³/mol. The van der Waals surface area contributed by atoms with E-state index in [0.717, 1.165) is 6.07 Å². The first kappa shape index (κ1) is 12.2. The number of anilines is 1. The number of carbonyl (C=O) groups is 2. The van der Waals surface area contributed by atoms with E-state index in [9.17, 15) is 14.0 Å². The first-order valence-electron chi connectivity index (χ1n) is 5.59. The summed E-state index contributed by atoms with van der Waals surface area (Å²) in [7, 11) is 0. The summed E-state index contributed by atoms with van der Waals surface area (Å²) in [5.41, 5.74) is 1.15. The fourth-order valence-corrected chi connectivity index (χ4v) is 2.14. The molecule has 92 valence electrons. The molecule has 0 unspecified atom stereocenters. The normalized spacial score (nSPS) is 13.7. The number of amides is 1. The monoisotopic (exact) mass is 246 g/mol. The zero-order chi connectivity index (χ0) is 13.3. The Hall–Kier alpha value is -2.22. The van der Waals surface area contributed by atoms with Crippen molar-refractivity contribution in [1.82, 2.24) is 0 Å². The SMILES string of the molecule is Cc1cc(F)cc2c1N(CCCC#N)C(=O)C2=O. The van der Waals surface area contributed by atoms with E-state index in [0.29, 0.717) is 30.6 Å². The number of Topliss-reactive ketones (excluding diaryl/α,β-unsaturated/α-hetero) is 1. The molecule has 0 saturated heterocycles. The second-order valence-electron chi connectivity index (χ2n) is 4.17. The van der Waals surface area contributed by atoms with Gasteiger partial charge in [0, 0.05) is 13.0 Å². The molecule has 2 rings (SSSR count). The van der Waals surface area contributed by atoms with Crippen molar-refractivity contribution >= 4 is 17.4 Å². The average molecular weight is 246 g/mol. The van der Waals surface area contributed by atoms with Crippen molar-refractivity contribution in [1.29, 1.82) is 5.26 Å². The van der Waals surface area contributed by atoms with Gasteiger partial charge in [-0.2, -0.15) is 5.26 Å². The molecule has 0 spiro atoms. The van der Waals surface area contributed by atoms with Gasteiger partial charge in [0.05, 0.1) is 17.3 Å².